The molecule has 2 N–H and O–H groups in total. The molecule has 0 saturated carbocycles. The molecule has 2 aromatic carbocycles. The summed E-state index contributed by atoms with van der Waals surface area (Å²) < 4.78 is 10.4. The number of carbonyl (C=O) groups is 1. The van der Waals surface area contributed by atoms with Crippen LogP contribution in [-0.2, 0) is 4.79 Å². The number of hydrogen-bond acceptors (Lipinski definition) is 4. The number of carbonyl (C=O) groups excluding carboxylic acids is 1. The first-order valence-corrected chi connectivity index (χ1v) is 7.85. The molecule has 0 heterocycles. The summed E-state index contributed by atoms with van der Waals surface area (Å²) in [4.78, 5) is 12.2. The van der Waals surface area contributed by atoms with Gasteiger partial charge in [0.1, 0.15) is 11.5 Å². The van der Waals surface area contributed by atoms with E-state index in [9.17, 15) is 4.79 Å². The van der Waals surface area contributed by atoms with Gasteiger partial charge in [-0.3, -0.25) is 4.79 Å². The van der Waals surface area contributed by atoms with Gasteiger partial charge < -0.3 is 20.1 Å². The molecule has 24 heavy (non-hydrogen) atoms. The fourth-order valence-electron chi connectivity index (χ4n) is 2.25. The number of rotatable bonds is 6. The quantitative estimate of drug-likeness (QED) is 0.827. The Morgan fingerprint density at radius 3 is 2.42 bits per heavy atom. The second kappa shape index (κ2) is 7.93. The van der Waals surface area contributed by atoms with Crippen LogP contribution in [0.2, 0.25) is 5.02 Å². The minimum atomic E-state index is -0.199. The van der Waals surface area contributed by atoms with E-state index in [0.717, 1.165) is 16.8 Å². The summed E-state index contributed by atoms with van der Waals surface area (Å²) in [5, 5.41) is 6.33. The van der Waals surface area contributed by atoms with Gasteiger partial charge in [-0.2, -0.15) is 0 Å². The van der Waals surface area contributed by atoms with Crippen LogP contribution >= 0.6 is 11.6 Å². The first-order chi connectivity index (χ1) is 11.4. The van der Waals surface area contributed by atoms with Crippen molar-refractivity contribution in [3.8, 4) is 11.5 Å². The molecule has 128 valence electrons. The molecule has 0 aliphatic carbocycles. The molecule has 0 radical (unpaired) electrons. The number of amides is 1. The summed E-state index contributed by atoms with van der Waals surface area (Å²) in [7, 11) is 3.04. The van der Waals surface area contributed by atoms with E-state index in [0.29, 0.717) is 22.2 Å². The van der Waals surface area contributed by atoms with E-state index in [1.54, 1.807) is 12.1 Å². The summed E-state index contributed by atoms with van der Waals surface area (Å²) in [5.74, 6) is 0.770. The van der Waals surface area contributed by atoms with Crippen molar-refractivity contribution in [2.45, 2.75) is 13.8 Å². The molecule has 5 nitrogen and oxygen atoms in total. The zero-order valence-corrected chi connectivity index (χ0v) is 15.0. The van der Waals surface area contributed by atoms with Crippen molar-refractivity contribution >= 4 is 28.9 Å². The predicted molar refractivity (Wildman–Crippen MR) is 97.6 cm³/mol. The highest BCUT2D eigenvalue weighted by molar-refractivity contribution is 6.32. The molecule has 0 atom stereocenters. The van der Waals surface area contributed by atoms with Gasteiger partial charge in [-0.1, -0.05) is 23.7 Å². The van der Waals surface area contributed by atoms with E-state index in [1.165, 1.54) is 14.2 Å². The summed E-state index contributed by atoms with van der Waals surface area (Å²) in [6.07, 6.45) is 0. The van der Waals surface area contributed by atoms with E-state index in [2.05, 4.69) is 10.6 Å². The van der Waals surface area contributed by atoms with Crippen molar-refractivity contribution < 1.29 is 14.3 Å². The lowest BCUT2D eigenvalue weighted by atomic mass is 10.1. The highest BCUT2D eigenvalue weighted by Crippen LogP contribution is 2.35. The van der Waals surface area contributed by atoms with Gasteiger partial charge in [-0.25, -0.2) is 0 Å². The molecule has 1 amide bonds. The Labute approximate surface area is 146 Å². The van der Waals surface area contributed by atoms with Crippen molar-refractivity contribution in [1.82, 2.24) is 0 Å². The summed E-state index contributed by atoms with van der Waals surface area (Å²) in [6.45, 7) is 4.14. The normalized spacial score (nSPS) is 10.2. The molecule has 0 saturated heterocycles. The van der Waals surface area contributed by atoms with Crippen LogP contribution in [0.5, 0.6) is 11.5 Å². The van der Waals surface area contributed by atoms with Crippen LogP contribution in [-0.4, -0.2) is 26.7 Å². The maximum absolute atomic E-state index is 12.2. The lowest BCUT2D eigenvalue weighted by molar-refractivity contribution is -0.114. The van der Waals surface area contributed by atoms with Gasteiger partial charge in [0, 0.05) is 11.8 Å². The van der Waals surface area contributed by atoms with Crippen LogP contribution < -0.4 is 20.1 Å². The highest BCUT2D eigenvalue weighted by Gasteiger charge is 2.12. The summed E-state index contributed by atoms with van der Waals surface area (Å²) in [6, 6.07) is 9.30. The van der Waals surface area contributed by atoms with Crippen LogP contribution in [0.3, 0.4) is 0 Å². The van der Waals surface area contributed by atoms with Crippen LogP contribution in [0.25, 0.3) is 0 Å². The number of hydrogen-bond donors (Lipinski definition) is 2. The van der Waals surface area contributed by atoms with Gasteiger partial charge in [-0.05, 0) is 37.1 Å². The summed E-state index contributed by atoms with van der Waals surface area (Å²) >= 11 is 6.11. The molecular weight excluding hydrogens is 328 g/mol. The number of benzene rings is 2. The maximum atomic E-state index is 12.2. The van der Waals surface area contributed by atoms with E-state index in [1.807, 2.05) is 32.0 Å². The first-order valence-electron chi connectivity index (χ1n) is 7.47. The minimum Gasteiger partial charge on any atom is -0.495 e. The van der Waals surface area contributed by atoms with E-state index >= 15 is 0 Å². The average molecular weight is 349 g/mol. The molecule has 0 aromatic heterocycles. The van der Waals surface area contributed by atoms with Crippen LogP contribution in [0.15, 0.2) is 30.3 Å². The van der Waals surface area contributed by atoms with E-state index in [-0.39, 0.29) is 12.5 Å². The van der Waals surface area contributed by atoms with Gasteiger partial charge in [0.05, 0.1) is 31.5 Å². The summed E-state index contributed by atoms with van der Waals surface area (Å²) in [5.41, 5.74) is 3.64. The third kappa shape index (κ3) is 4.32. The van der Waals surface area contributed by atoms with Gasteiger partial charge in [0.15, 0.2) is 0 Å². The molecule has 6 heteroatoms. The SMILES string of the molecule is COc1cc(OC)c(NC(=O)CNc2cc(C)ccc2C)cc1Cl. The third-order valence-electron chi connectivity index (χ3n) is 3.58. The zero-order valence-electron chi connectivity index (χ0n) is 14.2. The van der Waals surface area contributed by atoms with Crippen LogP contribution in [0, 0.1) is 13.8 Å². The Hall–Kier alpha value is -2.40. The van der Waals surface area contributed by atoms with Crippen LogP contribution in [0.1, 0.15) is 11.1 Å². The Morgan fingerprint density at radius 2 is 1.75 bits per heavy atom. The first kappa shape index (κ1) is 17.9. The van der Waals surface area contributed by atoms with Crippen molar-refractivity contribution in [2.24, 2.45) is 0 Å². The van der Waals surface area contributed by atoms with Crippen molar-refractivity contribution in [1.29, 1.82) is 0 Å². The number of anilines is 2. The Bertz CT molecular complexity index is 747. The number of methoxy groups -OCH3 is 2. The molecule has 2 aromatic rings. The third-order valence-corrected chi connectivity index (χ3v) is 3.88. The topological polar surface area (TPSA) is 59.6 Å². The van der Waals surface area contributed by atoms with Gasteiger partial charge in [-0.15, -0.1) is 0 Å². The van der Waals surface area contributed by atoms with Crippen molar-refractivity contribution in [2.75, 3.05) is 31.4 Å². The number of ether oxygens (including phenoxy) is 2. The lowest BCUT2D eigenvalue weighted by Crippen LogP contribution is -2.22. The number of halogens is 1. The Morgan fingerprint density at radius 1 is 1.04 bits per heavy atom. The van der Waals surface area contributed by atoms with E-state index < -0.39 is 0 Å². The zero-order chi connectivity index (χ0) is 17.7. The largest absolute Gasteiger partial charge is 0.495 e. The second-order valence-electron chi connectivity index (χ2n) is 5.41. The maximum Gasteiger partial charge on any atom is 0.243 e. The number of nitrogens with one attached hydrogen (secondary N) is 2. The van der Waals surface area contributed by atoms with Gasteiger partial charge in [0.25, 0.3) is 0 Å². The molecule has 0 bridgehead atoms. The molecule has 0 spiro atoms. The fraction of sp³-hybridized carbons (Fsp3) is 0.278. The fourth-order valence-corrected chi connectivity index (χ4v) is 2.49. The van der Waals surface area contributed by atoms with Crippen molar-refractivity contribution in [3.63, 3.8) is 0 Å². The lowest BCUT2D eigenvalue weighted by Gasteiger charge is -2.14. The van der Waals surface area contributed by atoms with Crippen molar-refractivity contribution in [3.05, 3.63) is 46.5 Å². The second-order valence-corrected chi connectivity index (χ2v) is 5.81. The predicted octanol–water partition coefficient (Wildman–Crippen LogP) is 4.02. The smallest absolute Gasteiger partial charge is 0.243 e. The highest BCUT2D eigenvalue weighted by atomic mass is 35.5. The van der Waals surface area contributed by atoms with Gasteiger partial charge in [0.2, 0.25) is 5.91 Å². The minimum absolute atomic E-state index is 0.136. The standard InChI is InChI=1S/C18H21ClN2O3/c1-11-5-6-12(2)14(7-11)20-10-18(22)21-15-8-13(19)16(23-3)9-17(15)24-4/h5-9,20H,10H2,1-4H3,(H,21,22). The molecular formula is C18H21ClN2O3. The molecule has 0 fully saturated rings. The number of aryl methyl sites for hydroxylation is 2. The Kier molecular flexibility index (Phi) is 5.93. The molecule has 0 unspecified atom stereocenters. The molecule has 0 aliphatic heterocycles. The van der Waals surface area contributed by atoms with Gasteiger partial charge >= 0.3 is 0 Å². The molecule has 2 rings (SSSR count). The van der Waals surface area contributed by atoms with Crippen LogP contribution in [0.4, 0.5) is 11.4 Å². The average Bonchev–Trinajstić information content (AvgIpc) is 2.56. The van der Waals surface area contributed by atoms with E-state index in [4.69, 9.17) is 21.1 Å². The monoisotopic (exact) mass is 348 g/mol. The Balaban J connectivity index is 2.07. The molecule has 0 aliphatic rings.